The van der Waals surface area contributed by atoms with Gasteiger partial charge in [-0.3, -0.25) is 9.59 Å². The number of para-hydroxylation sites is 1. The maximum Gasteiger partial charge on any atom is 0.253 e. The number of nitrogens with zero attached hydrogens (tertiary/aromatic N) is 3. The van der Waals surface area contributed by atoms with E-state index in [1.54, 1.807) is 24.3 Å². The molecule has 1 aromatic heterocycles. The molecule has 2 amide bonds. The van der Waals surface area contributed by atoms with Crippen LogP contribution >= 0.6 is 35.0 Å². The molecule has 0 saturated heterocycles. The van der Waals surface area contributed by atoms with Gasteiger partial charge in [-0.15, -0.1) is 10.2 Å². The molecule has 0 aliphatic rings. The van der Waals surface area contributed by atoms with Crippen LogP contribution in [0.2, 0.25) is 10.0 Å². The fourth-order valence-electron chi connectivity index (χ4n) is 3.45. The molecule has 186 valence electrons. The van der Waals surface area contributed by atoms with Gasteiger partial charge in [0, 0.05) is 11.6 Å². The van der Waals surface area contributed by atoms with E-state index >= 15 is 0 Å². The van der Waals surface area contributed by atoms with E-state index in [4.69, 9.17) is 23.2 Å². The predicted octanol–water partition coefficient (Wildman–Crippen LogP) is 5.99. The molecule has 35 heavy (non-hydrogen) atoms. The highest BCUT2D eigenvalue weighted by Crippen LogP contribution is 2.27. The van der Waals surface area contributed by atoms with Crippen molar-refractivity contribution in [3.8, 4) is 0 Å². The maximum absolute atomic E-state index is 13.8. The lowest BCUT2D eigenvalue weighted by Gasteiger charge is -2.21. The van der Waals surface area contributed by atoms with Gasteiger partial charge >= 0.3 is 0 Å². The van der Waals surface area contributed by atoms with Gasteiger partial charge in [-0.05, 0) is 49.6 Å². The molecular weight excluding hydrogens is 512 g/mol. The quantitative estimate of drug-likeness (QED) is 0.310. The monoisotopic (exact) mass is 537 g/mol. The topological polar surface area (TPSA) is 88.9 Å². The molecule has 0 saturated carbocycles. The van der Waals surface area contributed by atoms with Crippen molar-refractivity contribution in [3.05, 3.63) is 69.7 Å². The minimum atomic E-state index is -0.502. The van der Waals surface area contributed by atoms with Crippen molar-refractivity contribution < 1.29 is 14.0 Å². The van der Waals surface area contributed by atoms with Crippen LogP contribution < -0.4 is 10.6 Å². The van der Waals surface area contributed by atoms with Gasteiger partial charge in [0.2, 0.25) is 5.91 Å². The zero-order chi connectivity index (χ0) is 25.5. The van der Waals surface area contributed by atoms with E-state index < -0.39 is 11.9 Å². The third-order valence-electron chi connectivity index (χ3n) is 5.04. The van der Waals surface area contributed by atoms with Crippen molar-refractivity contribution in [1.29, 1.82) is 0 Å². The average molecular weight is 538 g/mol. The first-order valence-corrected chi connectivity index (χ1v) is 12.8. The van der Waals surface area contributed by atoms with Crippen molar-refractivity contribution in [2.75, 3.05) is 11.1 Å². The van der Waals surface area contributed by atoms with Gasteiger partial charge in [0.25, 0.3) is 5.91 Å². The maximum atomic E-state index is 13.8. The van der Waals surface area contributed by atoms with Crippen LogP contribution in [0.25, 0.3) is 0 Å². The van der Waals surface area contributed by atoms with E-state index in [0.29, 0.717) is 34.5 Å². The molecule has 3 aromatic rings. The Morgan fingerprint density at radius 1 is 1.14 bits per heavy atom. The minimum absolute atomic E-state index is 0.0219. The number of carbonyl (C=O) groups excluding carboxylic acids is 2. The van der Waals surface area contributed by atoms with Crippen LogP contribution in [-0.2, 0) is 11.3 Å². The lowest BCUT2D eigenvalue weighted by atomic mass is 10.0. The Balaban J connectivity index is 1.75. The summed E-state index contributed by atoms with van der Waals surface area (Å²) in [6.45, 7) is 6.56. The fraction of sp³-hybridized carbons (Fsp3) is 0.333. The molecule has 0 bridgehead atoms. The molecule has 0 spiro atoms. The summed E-state index contributed by atoms with van der Waals surface area (Å²) in [7, 11) is 0. The third kappa shape index (κ3) is 7.19. The van der Waals surface area contributed by atoms with E-state index in [1.165, 1.54) is 30.0 Å². The number of benzene rings is 2. The standard InChI is InChI=1S/C24H26Cl2FN5O2S/c1-4-32-22(20(11-14(2)3)29-23(34)16-10-9-15(25)12-17(16)26)30-31-24(32)35-13-21(33)28-19-8-6-5-7-18(19)27/h5-10,12,14,20H,4,11,13H2,1-3H3,(H,28,33)(H,29,34)/t20-/m0/s1. The van der Waals surface area contributed by atoms with Crippen molar-refractivity contribution in [1.82, 2.24) is 20.1 Å². The van der Waals surface area contributed by atoms with Gasteiger partial charge in [0.1, 0.15) is 5.82 Å². The van der Waals surface area contributed by atoms with E-state index in [2.05, 4.69) is 20.8 Å². The number of aromatic nitrogens is 3. The molecule has 1 atom stereocenters. The Morgan fingerprint density at radius 3 is 2.54 bits per heavy atom. The van der Waals surface area contributed by atoms with Gasteiger partial charge in [-0.25, -0.2) is 4.39 Å². The predicted molar refractivity (Wildman–Crippen MR) is 138 cm³/mol. The second kappa shape index (κ2) is 12.4. The number of hydrogen-bond acceptors (Lipinski definition) is 5. The van der Waals surface area contributed by atoms with Crippen molar-refractivity contribution in [3.63, 3.8) is 0 Å². The Kier molecular flexibility index (Phi) is 9.54. The molecule has 0 fully saturated rings. The molecule has 7 nitrogen and oxygen atoms in total. The number of halogens is 3. The summed E-state index contributed by atoms with van der Waals surface area (Å²) in [6, 6.07) is 10.3. The highest BCUT2D eigenvalue weighted by atomic mass is 35.5. The molecule has 0 unspecified atom stereocenters. The number of rotatable bonds is 10. The van der Waals surface area contributed by atoms with E-state index in [9.17, 15) is 14.0 Å². The Bertz CT molecular complexity index is 1200. The van der Waals surface area contributed by atoms with Crippen LogP contribution in [-0.4, -0.2) is 32.3 Å². The van der Waals surface area contributed by atoms with Crippen LogP contribution in [0.5, 0.6) is 0 Å². The fourth-order valence-corrected chi connectivity index (χ4v) is 4.75. The summed E-state index contributed by atoms with van der Waals surface area (Å²) in [5, 5.41) is 15.4. The first-order valence-electron chi connectivity index (χ1n) is 11.1. The first-order chi connectivity index (χ1) is 16.7. The van der Waals surface area contributed by atoms with Gasteiger partial charge in [-0.1, -0.05) is 60.9 Å². The van der Waals surface area contributed by atoms with Crippen LogP contribution in [0.15, 0.2) is 47.6 Å². The Labute approximate surface area is 217 Å². The lowest BCUT2D eigenvalue weighted by molar-refractivity contribution is -0.113. The van der Waals surface area contributed by atoms with Crippen molar-refractivity contribution in [2.45, 2.75) is 44.9 Å². The largest absolute Gasteiger partial charge is 0.342 e. The lowest BCUT2D eigenvalue weighted by Crippen LogP contribution is -2.32. The molecule has 11 heteroatoms. The van der Waals surface area contributed by atoms with Crippen molar-refractivity contribution >= 4 is 52.5 Å². The summed E-state index contributed by atoms with van der Waals surface area (Å²) >= 11 is 13.4. The van der Waals surface area contributed by atoms with Gasteiger partial charge in [-0.2, -0.15) is 0 Å². The molecule has 0 aliphatic carbocycles. The molecule has 3 rings (SSSR count). The smallest absolute Gasteiger partial charge is 0.253 e. The van der Waals surface area contributed by atoms with Gasteiger partial charge < -0.3 is 15.2 Å². The Morgan fingerprint density at radius 2 is 1.89 bits per heavy atom. The van der Waals surface area contributed by atoms with Crippen LogP contribution in [0.3, 0.4) is 0 Å². The van der Waals surface area contributed by atoms with Gasteiger partial charge in [0.05, 0.1) is 28.1 Å². The van der Waals surface area contributed by atoms with E-state index in [1.807, 2.05) is 25.3 Å². The average Bonchev–Trinajstić information content (AvgIpc) is 3.21. The summed E-state index contributed by atoms with van der Waals surface area (Å²) < 4.78 is 15.7. The second-order valence-corrected chi connectivity index (χ2v) is 9.97. The van der Waals surface area contributed by atoms with Crippen LogP contribution in [0.1, 0.15) is 49.4 Å². The summed E-state index contributed by atoms with van der Waals surface area (Å²) in [5.74, 6) is -0.355. The second-order valence-electron chi connectivity index (χ2n) is 8.18. The zero-order valence-corrected chi connectivity index (χ0v) is 21.8. The molecule has 1 heterocycles. The molecule has 0 aliphatic heterocycles. The Hall–Kier alpha value is -2.62. The highest BCUT2D eigenvalue weighted by Gasteiger charge is 2.25. The number of nitrogens with one attached hydrogen (secondary N) is 2. The van der Waals surface area contributed by atoms with Gasteiger partial charge in [0.15, 0.2) is 11.0 Å². The molecule has 2 N–H and O–H groups in total. The number of carbonyl (C=O) groups is 2. The third-order valence-corrected chi connectivity index (χ3v) is 6.56. The normalized spacial score (nSPS) is 12.0. The zero-order valence-electron chi connectivity index (χ0n) is 19.5. The number of amides is 2. The van der Waals surface area contributed by atoms with E-state index in [0.717, 1.165) is 0 Å². The summed E-state index contributed by atoms with van der Waals surface area (Å²) in [5.41, 5.74) is 0.433. The highest BCUT2D eigenvalue weighted by molar-refractivity contribution is 7.99. The summed E-state index contributed by atoms with van der Waals surface area (Å²) in [4.78, 5) is 25.3. The number of thioether (sulfide) groups is 1. The molecule has 2 aromatic carbocycles. The van der Waals surface area contributed by atoms with Crippen molar-refractivity contribution in [2.24, 2.45) is 5.92 Å². The summed E-state index contributed by atoms with van der Waals surface area (Å²) in [6.07, 6.45) is 0.619. The van der Waals surface area contributed by atoms with Crippen LogP contribution in [0, 0.1) is 11.7 Å². The minimum Gasteiger partial charge on any atom is -0.342 e. The van der Waals surface area contributed by atoms with Crippen LogP contribution in [0.4, 0.5) is 10.1 Å². The molecule has 0 radical (unpaired) electrons. The first kappa shape index (κ1) is 27.0. The SMILES string of the molecule is CCn1c(SCC(=O)Nc2ccccc2F)nnc1[C@H](CC(C)C)NC(=O)c1ccc(Cl)cc1Cl. The number of hydrogen-bond donors (Lipinski definition) is 2. The van der Waals surface area contributed by atoms with E-state index in [-0.39, 0.29) is 34.2 Å². The number of anilines is 1. The molecular formula is C24H26Cl2FN5O2S.